The summed E-state index contributed by atoms with van der Waals surface area (Å²) in [4.78, 5) is 4.58. The van der Waals surface area contributed by atoms with E-state index in [2.05, 4.69) is 28.6 Å². The number of rotatable bonds is 4. The summed E-state index contributed by atoms with van der Waals surface area (Å²) < 4.78 is 5.23. The summed E-state index contributed by atoms with van der Waals surface area (Å²) in [6, 6.07) is 18.2. The minimum absolute atomic E-state index is 0.694. The van der Waals surface area contributed by atoms with Gasteiger partial charge in [0.1, 0.15) is 11.6 Å². The van der Waals surface area contributed by atoms with Gasteiger partial charge in [0, 0.05) is 23.4 Å². The Morgan fingerprint density at radius 3 is 2.62 bits per heavy atom. The van der Waals surface area contributed by atoms with E-state index in [4.69, 9.17) is 10.6 Å². The fourth-order valence-corrected chi connectivity index (χ4v) is 2.39. The Morgan fingerprint density at radius 1 is 1.10 bits per heavy atom. The van der Waals surface area contributed by atoms with Crippen molar-refractivity contribution in [2.75, 3.05) is 12.5 Å². The third-order valence-corrected chi connectivity index (χ3v) is 3.48. The molecule has 4 heteroatoms. The van der Waals surface area contributed by atoms with Crippen LogP contribution in [0.3, 0.4) is 0 Å². The maximum Gasteiger partial charge on any atom is 0.144 e. The van der Waals surface area contributed by atoms with Crippen LogP contribution in [0.4, 0.5) is 5.82 Å². The van der Waals surface area contributed by atoms with Crippen molar-refractivity contribution in [1.82, 2.24) is 4.98 Å². The lowest BCUT2D eigenvalue weighted by atomic mass is 10.0. The molecule has 3 rings (SSSR count). The normalized spacial score (nSPS) is 10.6. The van der Waals surface area contributed by atoms with Gasteiger partial charge in [0.2, 0.25) is 0 Å². The molecule has 0 aliphatic heterocycles. The Bertz CT molecular complexity index is 757. The molecule has 3 N–H and O–H groups in total. The van der Waals surface area contributed by atoms with Crippen LogP contribution in [0.15, 0.2) is 54.6 Å². The van der Waals surface area contributed by atoms with Crippen LogP contribution in [-0.4, -0.2) is 12.1 Å². The molecule has 2 aromatic carbocycles. The Labute approximate surface area is 123 Å². The smallest absolute Gasteiger partial charge is 0.144 e. The maximum absolute atomic E-state index is 5.62. The van der Waals surface area contributed by atoms with Gasteiger partial charge in [-0.1, -0.05) is 30.3 Å². The van der Waals surface area contributed by atoms with Gasteiger partial charge >= 0.3 is 0 Å². The third-order valence-electron chi connectivity index (χ3n) is 3.48. The van der Waals surface area contributed by atoms with E-state index >= 15 is 0 Å². The molecule has 0 saturated heterocycles. The zero-order chi connectivity index (χ0) is 14.7. The van der Waals surface area contributed by atoms with Crippen molar-refractivity contribution >= 4 is 16.7 Å². The van der Waals surface area contributed by atoms with Crippen LogP contribution in [0, 0.1) is 0 Å². The van der Waals surface area contributed by atoms with E-state index in [0.717, 1.165) is 28.6 Å². The molecule has 0 radical (unpaired) electrons. The van der Waals surface area contributed by atoms with Crippen LogP contribution < -0.4 is 16.0 Å². The van der Waals surface area contributed by atoms with Crippen LogP contribution in [0.1, 0.15) is 11.1 Å². The second-order valence-corrected chi connectivity index (χ2v) is 4.86. The molecule has 0 amide bonds. The van der Waals surface area contributed by atoms with Crippen molar-refractivity contribution < 1.29 is 4.74 Å². The fourth-order valence-electron chi connectivity index (χ4n) is 2.39. The monoisotopic (exact) mass is 279 g/mol. The zero-order valence-corrected chi connectivity index (χ0v) is 11.8. The number of anilines is 1. The lowest BCUT2D eigenvalue weighted by Gasteiger charge is -2.11. The molecule has 0 atom stereocenters. The average molecular weight is 279 g/mol. The van der Waals surface area contributed by atoms with E-state index in [1.165, 1.54) is 5.56 Å². The van der Waals surface area contributed by atoms with Crippen molar-refractivity contribution in [3.63, 3.8) is 0 Å². The predicted octanol–water partition coefficient (Wildman–Crippen LogP) is 3.12. The topological polar surface area (TPSA) is 60.2 Å². The zero-order valence-electron chi connectivity index (χ0n) is 11.8. The molecule has 1 heterocycles. The van der Waals surface area contributed by atoms with Gasteiger partial charge in [0.15, 0.2) is 0 Å². The largest absolute Gasteiger partial charge is 0.497 e. The molecular weight excluding hydrogens is 262 g/mol. The minimum atomic E-state index is 0.694. The first-order valence-corrected chi connectivity index (χ1v) is 6.78. The predicted molar refractivity (Wildman–Crippen MR) is 85.4 cm³/mol. The number of nitrogens with zero attached hydrogens (tertiary/aromatic N) is 1. The standard InChI is InChI=1S/C17H17N3O/c1-21-15-8-7-13-10-14(9-12-5-3-2-4-6-12)17(20-18)19-16(13)11-15/h2-8,10-11H,9,18H2,1H3,(H,19,20). The highest BCUT2D eigenvalue weighted by Gasteiger charge is 2.08. The van der Waals surface area contributed by atoms with Gasteiger partial charge < -0.3 is 10.2 Å². The van der Waals surface area contributed by atoms with E-state index in [-0.39, 0.29) is 0 Å². The highest BCUT2D eigenvalue weighted by atomic mass is 16.5. The number of aromatic nitrogens is 1. The van der Waals surface area contributed by atoms with Crippen molar-refractivity contribution in [2.24, 2.45) is 5.84 Å². The number of fused-ring (bicyclic) bond motifs is 1. The molecule has 3 aromatic rings. The first-order valence-electron chi connectivity index (χ1n) is 6.78. The van der Waals surface area contributed by atoms with Crippen LogP contribution >= 0.6 is 0 Å². The summed E-state index contributed by atoms with van der Waals surface area (Å²) in [5, 5.41) is 1.07. The van der Waals surface area contributed by atoms with E-state index in [0.29, 0.717) is 5.82 Å². The lowest BCUT2D eigenvalue weighted by molar-refractivity contribution is 0.415. The number of nitrogens with one attached hydrogen (secondary N) is 1. The van der Waals surface area contributed by atoms with Gasteiger partial charge in [-0.25, -0.2) is 10.8 Å². The van der Waals surface area contributed by atoms with Crippen molar-refractivity contribution in [3.05, 3.63) is 65.7 Å². The van der Waals surface area contributed by atoms with Crippen molar-refractivity contribution in [2.45, 2.75) is 6.42 Å². The van der Waals surface area contributed by atoms with Gasteiger partial charge in [0.05, 0.1) is 12.6 Å². The summed E-state index contributed by atoms with van der Waals surface area (Å²) in [6.07, 6.45) is 0.787. The molecule has 21 heavy (non-hydrogen) atoms. The average Bonchev–Trinajstić information content (AvgIpc) is 2.54. The minimum Gasteiger partial charge on any atom is -0.497 e. The van der Waals surface area contributed by atoms with Gasteiger partial charge in [-0.2, -0.15) is 0 Å². The first kappa shape index (κ1) is 13.4. The van der Waals surface area contributed by atoms with E-state index < -0.39 is 0 Å². The number of nitrogen functional groups attached to an aromatic ring is 1. The molecule has 0 unspecified atom stereocenters. The number of ether oxygens (including phenoxy) is 1. The Hall–Kier alpha value is -2.59. The van der Waals surface area contributed by atoms with Gasteiger partial charge in [0.25, 0.3) is 0 Å². The first-order chi connectivity index (χ1) is 10.3. The molecule has 4 nitrogen and oxygen atoms in total. The Kier molecular flexibility index (Phi) is 3.71. The number of methoxy groups -OCH3 is 1. The number of hydrazine groups is 1. The highest BCUT2D eigenvalue weighted by Crippen LogP contribution is 2.25. The summed E-state index contributed by atoms with van der Waals surface area (Å²) in [5.41, 5.74) is 5.85. The van der Waals surface area contributed by atoms with E-state index in [9.17, 15) is 0 Å². The molecule has 1 aromatic heterocycles. The molecule has 0 bridgehead atoms. The lowest BCUT2D eigenvalue weighted by Crippen LogP contribution is -2.11. The SMILES string of the molecule is COc1ccc2cc(Cc3ccccc3)c(NN)nc2c1. The second-order valence-electron chi connectivity index (χ2n) is 4.86. The summed E-state index contributed by atoms with van der Waals surface area (Å²) in [7, 11) is 1.65. The van der Waals surface area contributed by atoms with E-state index in [1.54, 1.807) is 7.11 Å². The molecule has 0 aliphatic carbocycles. The molecule has 0 saturated carbocycles. The van der Waals surface area contributed by atoms with Crippen LogP contribution in [0.5, 0.6) is 5.75 Å². The van der Waals surface area contributed by atoms with E-state index in [1.807, 2.05) is 36.4 Å². The number of nitrogens with two attached hydrogens (primary N) is 1. The maximum atomic E-state index is 5.62. The van der Waals surface area contributed by atoms with Crippen LogP contribution in [-0.2, 0) is 6.42 Å². The summed E-state index contributed by atoms with van der Waals surface area (Å²) in [5.74, 6) is 7.10. The van der Waals surface area contributed by atoms with Gasteiger partial charge in [-0.15, -0.1) is 0 Å². The number of pyridine rings is 1. The Morgan fingerprint density at radius 2 is 1.90 bits per heavy atom. The molecule has 0 spiro atoms. The summed E-state index contributed by atoms with van der Waals surface area (Å²) >= 11 is 0. The highest BCUT2D eigenvalue weighted by molar-refractivity contribution is 5.83. The number of hydrogen-bond donors (Lipinski definition) is 2. The number of hydrogen-bond acceptors (Lipinski definition) is 4. The molecular formula is C17H17N3O. The van der Waals surface area contributed by atoms with Gasteiger partial charge in [-0.05, 0) is 23.8 Å². The number of benzene rings is 2. The summed E-state index contributed by atoms with van der Waals surface area (Å²) in [6.45, 7) is 0. The second kappa shape index (κ2) is 5.81. The van der Waals surface area contributed by atoms with Crippen LogP contribution in [0.2, 0.25) is 0 Å². The molecule has 0 aliphatic rings. The van der Waals surface area contributed by atoms with Crippen molar-refractivity contribution in [3.8, 4) is 5.75 Å². The third kappa shape index (κ3) is 2.80. The Balaban J connectivity index is 2.05. The van der Waals surface area contributed by atoms with Gasteiger partial charge in [-0.3, -0.25) is 0 Å². The quantitative estimate of drug-likeness (QED) is 0.569. The van der Waals surface area contributed by atoms with Crippen LogP contribution in [0.25, 0.3) is 10.9 Å². The molecule has 106 valence electrons. The van der Waals surface area contributed by atoms with Crippen molar-refractivity contribution in [1.29, 1.82) is 0 Å². The molecule has 0 fully saturated rings. The fraction of sp³-hybridized carbons (Fsp3) is 0.118.